The number of amides is 2. The first-order valence-corrected chi connectivity index (χ1v) is 10.9. The maximum atomic E-state index is 13.2. The van der Waals surface area contributed by atoms with Gasteiger partial charge < -0.3 is 4.42 Å². The van der Waals surface area contributed by atoms with Crippen LogP contribution in [0.15, 0.2) is 81.8 Å². The molecule has 0 unspecified atom stereocenters. The molecule has 8 nitrogen and oxygen atoms in total. The smallest absolute Gasteiger partial charge is 0.271 e. The summed E-state index contributed by atoms with van der Waals surface area (Å²) in [5.41, 5.74) is 1.42. The number of nitrogens with zero attached hydrogens (tertiary/aromatic N) is 3. The molecule has 0 spiro atoms. The number of non-ortho nitro benzene ring substituents is 1. The molecule has 0 saturated heterocycles. The Labute approximate surface area is 205 Å². The van der Waals surface area contributed by atoms with Crippen molar-refractivity contribution in [3.8, 4) is 17.4 Å². The van der Waals surface area contributed by atoms with E-state index in [-0.39, 0.29) is 45.5 Å². The average molecular weight is 488 g/mol. The molecule has 2 amide bonds. The van der Waals surface area contributed by atoms with Crippen LogP contribution in [0, 0.1) is 21.4 Å². The number of imide groups is 1. The molecule has 2 heterocycles. The van der Waals surface area contributed by atoms with Gasteiger partial charge in [0.15, 0.2) is 0 Å². The van der Waals surface area contributed by atoms with E-state index in [2.05, 4.69) is 0 Å². The predicted octanol–water partition coefficient (Wildman–Crippen LogP) is 5.34. The van der Waals surface area contributed by atoms with Crippen LogP contribution in [-0.2, 0) is 16.0 Å². The van der Waals surface area contributed by atoms with Crippen molar-refractivity contribution in [3.63, 3.8) is 0 Å². The zero-order chi connectivity index (χ0) is 25.1. The summed E-state index contributed by atoms with van der Waals surface area (Å²) >= 11 is 6.20. The van der Waals surface area contributed by atoms with Crippen LogP contribution in [-0.4, -0.2) is 28.2 Å². The van der Waals surface area contributed by atoms with Gasteiger partial charge in [0.1, 0.15) is 23.2 Å². The summed E-state index contributed by atoms with van der Waals surface area (Å²) in [7, 11) is 0. The first-order valence-electron chi connectivity index (χ1n) is 10.6. The lowest BCUT2D eigenvalue weighted by molar-refractivity contribution is -0.384. The van der Waals surface area contributed by atoms with Crippen LogP contribution in [0.25, 0.3) is 17.4 Å². The van der Waals surface area contributed by atoms with E-state index in [0.29, 0.717) is 12.0 Å². The van der Waals surface area contributed by atoms with Crippen molar-refractivity contribution in [2.45, 2.75) is 13.3 Å². The van der Waals surface area contributed by atoms with Crippen molar-refractivity contribution in [1.82, 2.24) is 4.90 Å². The fourth-order valence-corrected chi connectivity index (χ4v) is 3.96. The minimum Gasteiger partial charge on any atom is -0.457 e. The molecule has 1 aliphatic rings. The van der Waals surface area contributed by atoms with E-state index in [9.17, 15) is 25.0 Å². The summed E-state index contributed by atoms with van der Waals surface area (Å²) in [5.74, 6) is -0.631. The summed E-state index contributed by atoms with van der Waals surface area (Å²) in [6, 6.07) is 18.5. The lowest BCUT2D eigenvalue weighted by Crippen LogP contribution is -2.43. The lowest BCUT2D eigenvalue weighted by Gasteiger charge is -2.27. The van der Waals surface area contributed by atoms with Crippen molar-refractivity contribution in [2.75, 3.05) is 6.54 Å². The third-order valence-electron chi connectivity index (χ3n) is 5.63. The second kappa shape index (κ2) is 9.79. The number of halogens is 1. The fourth-order valence-electron chi connectivity index (χ4n) is 3.75. The van der Waals surface area contributed by atoms with Crippen LogP contribution in [0.4, 0.5) is 5.69 Å². The molecule has 0 bridgehead atoms. The number of hydrogen-bond acceptors (Lipinski definition) is 6. The molecule has 35 heavy (non-hydrogen) atoms. The molecule has 9 heteroatoms. The number of nitro benzene ring substituents is 1. The van der Waals surface area contributed by atoms with Crippen LogP contribution >= 0.6 is 11.6 Å². The van der Waals surface area contributed by atoms with Gasteiger partial charge in [0.25, 0.3) is 17.5 Å². The first-order chi connectivity index (χ1) is 16.8. The molecule has 0 fully saturated rings. The van der Waals surface area contributed by atoms with E-state index in [1.165, 1.54) is 31.2 Å². The molecule has 0 radical (unpaired) electrons. The van der Waals surface area contributed by atoms with Gasteiger partial charge in [-0.05, 0) is 48.8 Å². The molecule has 0 atom stereocenters. The maximum Gasteiger partial charge on any atom is 0.271 e. The number of carbonyl (C=O) groups is 2. The van der Waals surface area contributed by atoms with Gasteiger partial charge in [-0.3, -0.25) is 24.6 Å². The molecule has 1 aliphatic heterocycles. The third kappa shape index (κ3) is 4.76. The van der Waals surface area contributed by atoms with Crippen LogP contribution in [0.2, 0.25) is 5.02 Å². The number of carbonyl (C=O) groups excluding carboxylic acids is 2. The molecule has 0 N–H and O–H groups in total. The fraction of sp³-hybridized carbons (Fsp3) is 0.115. The maximum absolute atomic E-state index is 13.2. The van der Waals surface area contributed by atoms with Gasteiger partial charge >= 0.3 is 0 Å². The highest BCUT2D eigenvalue weighted by atomic mass is 35.5. The summed E-state index contributed by atoms with van der Waals surface area (Å²) in [4.78, 5) is 37.7. The molecule has 3 aromatic rings. The van der Waals surface area contributed by atoms with Crippen molar-refractivity contribution in [1.29, 1.82) is 5.26 Å². The zero-order valence-electron chi connectivity index (χ0n) is 18.5. The number of furan rings is 1. The van der Waals surface area contributed by atoms with Crippen LogP contribution in [0.3, 0.4) is 0 Å². The summed E-state index contributed by atoms with van der Waals surface area (Å²) in [6.45, 7) is 1.65. The largest absolute Gasteiger partial charge is 0.457 e. The highest BCUT2D eigenvalue weighted by Gasteiger charge is 2.35. The number of hydrogen-bond donors (Lipinski definition) is 0. The Hall–Kier alpha value is -4.48. The summed E-state index contributed by atoms with van der Waals surface area (Å²) in [6.07, 6.45) is 1.89. The van der Waals surface area contributed by atoms with E-state index in [1.807, 2.05) is 36.4 Å². The van der Waals surface area contributed by atoms with Gasteiger partial charge in [-0.25, -0.2) is 0 Å². The molecule has 2 aromatic carbocycles. The van der Waals surface area contributed by atoms with Crippen molar-refractivity contribution in [3.05, 3.63) is 104 Å². The SMILES string of the molecule is CC1=C(C#N)C(=O)N(CCc2ccccc2)C(=O)/C1=C/c1ccc(-c2cc([N+](=O)[O-])ccc2Cl)o1. The topological polar surface area (TPSA) is 117 Å². The van der Waals surface area contributed by atoms with Gasteiger partial charge in [-0.15, -0.1) is 0 Å². The number of rotatable bonds is 6. The summed E-state index contributed by atoms with van der Waals surface area (Å²) < 4.78 is 5.80. The Morgan fingerprint density at radius 1 is 1.11 bits per heavy atom. The minimum absolute atomic E-state index is 0.114. The third-order valence-corrected chi connectivity index (χ3v) is 5.96. The van der Waals surface area contributed by atoms with Gasteiger partial charge in [-0.1, -0.05) is 41.9 Å². The van der Waals surface area contributed by atoms with Crippen LogP contribution < -0.4 is 0 Å². The second-order valence-electron chi connectivity index (χ2n) is 7.79. The quantitative estimate of drug-likeness (QED) is 0.200. The number of nitriles is 1. The number of nitro groups is 1. The van der Waals surface area contributed by atoms with Gasteiger partial charge in [0.2, 0.25) is 0 Å². The van der Waals surface area contributed by atoms with E-state index >= 15 is 0 Å². The Morgan fingerprint density at radius 3 is 2.54 bits per heavy atom. The van der Waals surface area contributed by atoms with Crippen molar-refractivity contribution < 1.29 is 18.9 Å². The highest BCUT2D eigenvalue weighted by Crippen LogP contribution is 2.34. The van der Waals surface area contributed by atoms with Crippen LogP contribution in [0.5, 0.6) is 0 Å². The number of benzene rings is 2. The van der Waals surface area contributed by atoms with Gasteiger partial charge in [0, 0.05) is 29.8 Å². The minimum atomic E-state index is -0.633. The van der Waals surface area contributed by atoms with Crippen molar-refractivity contribution in [2.24, 2.45) is 0 Å². The molecular formula is C26H18ClN3O5. The molecule has 0 aliphatic carbocycles. The van der Waals surface area contributed by atoms with Gasteiger partial charge in [0.05, 0.1) is 9.95 Å². The molecule has 174 valence electrons. The predicted molar refractivity (Wildman–Crippen MR) is 129 cm³/mol. The molecule has 4 rings (SSSR count). The Balaban J connectivity index is 1.68. The zero-order valence-corrected chi connectivity index (χ0v) is 19.3. The Kier molecular flexibility index (Phi) is 6.62. The first kappa shape index (κ1) is 23.7. The van der Waals surface area contributed by atoms with E-state index in [1.54, 1.807) is 12.1 Å². The molecule has 0 saturated carbocycles. The standard InChI is InChI=1S/C26H18ClN3O5/c1-16-20(14-19-8-10-24(35-19)21-13-18(30(33)34)7-9-23(21)27)25(31)29(26(32)22(16)15-28)12-11-17-5-3-2-4-6-17/h2-10,13-14H,11-12H2,1H3/b20-14+. The Morgan fingerprint density at radius 2 is 1.86 bits per heavy atom. The van der Waals surface area contributed by atoms with Gasteiger partial charge in [-0.2, -0.15) is 5.26 Å². The highest BCUT2D eigenvalue weighted by molar-refractivity contribution is 6.33. The molecular weight excluding hydrogens is 470 g/mol. The van der Waals surface area contributed by atoms with Crippen LogP contribution in [0.1, 0.15) is 18.2 Å². The van der Waals surface area contributed by atoms with Crippen molar-refractivity contribution >= 4 is 35.2 Å². The Bertz CT molecular complexity index is 1450. The normalized spacial score (nSPS) is 15.0. The second-order valence-corrected chi connectivity index (χ2v) is 8.20. The van der Waals surface area contributed by atoms with E-state index in [0.717, 1.165) is 10.5 Å². The van der Waals surface area contributed by atoms with E-state index in [4.69, 9.17) is 16.0 Å². The molecule has 1 aromatic heterocycles. The average Bonchev–Trinajstić information content (AvgIpc) is 3.31. The lowest BCUT2D eigenvalue weighted by atomic mass is 9.94. The monoisotopic (exact) mass is 487 g/mol. The summed E-state index contributed by atoms with van der Waals surface area (Å²) in [5, 5.41) is 21.0. The van der Waals surface area contributed by atoms with E-state index < -0.39 is 16.7 Å².